The smallest absolute Gasteiger partial charge is 0.399 e. The van der Waals surface area contributed by atoms with Crippen LogP contribution in [0.25, 0.3) is 5.70 Å². The molecule has 0 aliphatic carbocycles. The topological polar surface area (TPSA) is 26.0 Å². The van der Waals surface area contributed by atoms with Crippen molar-refractivity contribution >= 4 is 17.3 Å². The van der Waals surface area contributed by atoms with Gasteiger partial charge >= 0.3 is 6.18 Å². The Balaban J connectivity index is 0.000000317. The van der Waals surface area contributed by atoms with E-state index in [0.717, 1.165) is 30.7 Å². The number of benzene rings is 4. The van der Waals surface area contributed by atoms with Gasteiger partial charge in [-0.15, -0.1) is 0 Å². The van der Waals surface area contributed by atoms with Crippen molar-refractivity contribution in [1.29, 1.82) is 0 Å². The zero-order chi connectivity index (χ0) is 32.8. The minimum atomic E-state index is -4.71. The van der Waals surface area contributed by atoms with Crippen LogP contribution in [0.5, 0.6) is 0 Å². The molecule has 44 heavy (non-hydrogen) atoms. The van der Waals surface area contributed by atoms with Crippen molar-refractivity contribution in [3.05, 3.63) is 147 Å². The molecule has 2 atom stereocenters. The van der Waals surface area contributed by atoms with Gasteiger partial charge in [-0.05, 0) is 83.6 Å². The average Bonchev–Trinajstić information content (AvgIpc) is 2.93. The highest BCUT2D eigenvalue weighted by molar-refractivity contribution is 6.30. The van der Waals surface area contributed by atoms with Gasteiger partial charge in [-0.3, -0.25) is 0 Å². The first-order valence-corrected chi connectivity index (χ1v) is 13.5. The predicted molar refractivity (Wildman–Crippen MR) is 154 cm³/mol. The molecule has 0 spiro atoms. The molecule has 4 rings (SSSR count). The summed E-state index contributed by atoms with van der Waals surface area (Å²) < 4.78 is 118. The van der Waals surface area contributed by atoms with Gasteiger partial charge in [-0.1, -0.05) is 60.6 Å². The van der Waals surface area contributed by atoms with Gasteiger partial charge in [0.15, 0.2) is 6.17 Å². The predicted octanol–water partition coefficient (Wildman–Crippen LogP) is 10.3. The van der Waals surface area contributed by atoms with E-state index in [2.05, 4.69) is 6.58 Å². The van der Waals surface area contributed by atoms with Crippen molar-refractivity contribution in [1.82, 2.24) is 0 Å². The molecule has 0 saturated heterocycles. The maximum atomic E-state index is 14.3. The van der Waals surface area contributed by atoms with Crippen LogP contribution in [0.1, 0.15) is 46.2 Å². The lowest BCUT2D eigenvalue weighted by molar-refractivity contribution is -0.140. The van der Waals surface area contributed by atoms with Gasteiger partial charge in [0, 0.05) is 18.0 Å². The van der Waals surface area contributed by atoms with Crippen LogP contribution in [0.4, 0.5) is 39.5 Å². The van der Waals surface area contributed by atoms with Crippen LogP contribution >= 0.6 is 11.6 Å². The second-order valence-corrected chi connectivity index (χ2v) is 10.5. The minimum absolute atomic E-state index is 0.00855. The van der Waals surface area contributed by atoms with Crippen molar-refractivity contribution in [3.8, 4) is 0 Å². The molecular weight excluding hydrogens is 617 g/mol. The van der Waals surface area contributed by atoms with Crippen molar-refractivity contribution in [2.24, 2.45) is 5.73 Å². The Morgan fingerprint density at radius 3 is 2.00 bits per heavy atom. The van der Waals surface area contributed by atoms with E-state index in [-0.39, 0.29) is 21.8 Å². The number of hydrogen-bond donors (Lipinski definition) is 1. The lowest BCUT2D eigenvalue weighted by atomic mass is 9.84. The highest BCUT2D eigenvalue weighted by Gasteiger charge is 2.37. The Bertz CT molecular complexity index is 1580. The number of nitrogens with two attached hydrogens (primary N) is 1. The molecule has 0 radical (unpaired) electrons. The normalized spacial score (nSPS) is 13.1. The summed E-state index contributed by atoms with van der Waals surface area (Å²) in [6, 6.07) is 19.7. The number of rotatable bonds is 8. The first-order valence-electron chi connectivity index (χ1n) is 13.1. The van der Waals surface area contributed by atoms with Crippen LogP contribution in [0, 0.1) is 17.5 Å². The maximum Gasteiger partial charge on any atom is 0.419 e. The van der Waals surface area contributed by atoms with Gasteiger partial charge in [0.25, 0.3) is 5.92 Å². The summed E-state index contributed by atoms with van der Waals surface area (Å²) in [7, 11) is 0. The summed E-state index contributed by atoms with van der Waals surface area (Å²) in [4.78, 5) is 0. The highest BCUT2D eigenvalue weighted by Crippen LogP contribution is 2.35. The maximum absolute atomic E-state index is 14.3. The number of halogens is 10. The van der Waals surface area contributed by atoms with Crippen molar-refractivity contribution in [2.45, 2.75) is 44.0 Å². The zero-order valence-electron chi connectivity index (χ0n) is 23.2. The first-order chi connectivity index (χ1) is 20.5. The lowest BCUT2D eigenvalue weighted by Gasteiger charge is -2.22. The third kappa shape index (κ3) is 9.29. The van der Waals surface area contributed by atoms with Crippen LogP contribution < -0.4 is 5.73 Å². The molecule has 4 aromatic rings. The summed E-state index contributed by atoms with van der Waals surface area (Å²) in [5, 5.41) is -0.0834. The van der Waals surface area contributed by atoms with Crippen LogP contribution in [-0.2, 0) is 19.0 Å². The third-order valence-corrected chi connectivity index (χ3v) is 6.96. The zero-order valence-corrected chi connectivity index (χ0v) is 24.0. The molecule has 0 saturated carbocycles. The quantitative estimate of drug-likeness (QED) is 0.190. The fourth-order valence-corrected chi connectivity index (χ4v) is 4.53. The monoisotopic (exact) mass is 643 g/mol. The Hall–Kier alpha value is -3.92. The second kappa shape index (κ2) is 14.2. The molecule has 11 heteroatoms. The van der Waals surface area contributed by atoms with E-state index in [0.29, 0.717) is 23.6 Å². The van der Waals surface area contributed by atoms with Crippen molar-refractivity contribution < 1.29 is 39.5 Å². The Morgan fingerprint density at radius 2 is 1.43 bits per heavy atom. The van der Waals surface area contributed by atoms with E-state index in [4.69, 9.17) is 17.3 Å². The largest absolute Gasteiger partial charge is 0.419 e. The first kappa shape index (κ1) is 34.6. The molecule has 234 valence electrons. The minimum Gasteiger partial charge on any atom is -0.399 e. The van der Waals surface area contributed by atoms with Crippen molar-refractivity contribution in [2.75, 3.05) is 0 Å². The summed E-state index contributed by atoms with van der Waals surface area (Å²) >= 11 is 5.94. The average molecular weight is 644 g/mol. The van der Waals surface area contributed by atoms with Gasteiger partial charge in [0.2, 0.25) is 0 Å². The van der Waals surface area contributed by atoms with E-state index >= 15 is 0 Å². The van der Waals surface area contributed by atoms with Crippen LogP contribution in [0.15, 0.2) is 91.5 Å². The van der Waals surface area contributed by atoms with Gasteiger partial charge in [0.05, 0.1) is 10.6 Å². The van der Waals surface area contributed by atoms with Crippen molar-refractivity contribution in [3.63, 3.8) is 0 Å². The molecule has 0 aromatic heterocycles. The summed E-state index contributed by atoms with van der Waals surface area (Å²) in [5.41, 5.74) is 5.86. The molecular formula is C33H27ClF9N. The highest BCUT2D eigenvalue weighted by atomic mass is 35.5. The number of alkyl halides is 6. The van der Waals surface area contributed by atoms with Gasteiger partial charge in [0.1, 0.15) is 17.5 Å². The fourth-order valence-electron chi connectivity index (χ4n) is 4.34. The SMILES string of the molecule is C=C(N)c1ccc(F)c(C(F)(F)F)c1.CC(F)C(F)(F)Cc1cc(F)cc([C@@H](Cc2ccccc2)c2ccc(F)c(Cl)c2)c1. The van der Waals surface area contributed by atoms with Gasteiger partial charge in [-0.2, -0.15) is 13.2 Å². The molecule has 0 aliphatic heterocycles. The molecule has 0 amide bonds. The van der Waals surface area contributed by atoms with E-state index < -0.39 is 53.6 Å². The van der Waals surface area contributed by atoms with E-state index in [1.165, 1.54) is 30.3 Å². The fraction of sp³-hybridized carbons (Fsp3) is 0.212. The molecule has 4 aromatic carbocycles. The molecule has 0 fully saturated rings. The summed E-state index contributed by atoms with van der Waals surface area (Å²) in [6.07, 6.45) is -7.57. The summed E-state index contributed by atoms with van der Waals surface area (Å²) in [6.45, 7) is 4.04. The lowest BCUT2D eigenvalue weighted by Crippen LogP contribution is -2.30. The second-order valence-electron chi connectivity index (χ2n) is 10.1. The van der Waals surface area contributed by atoms with Gasteiger partial charge < -0.3 is 5.73 Å². The van der Waals surface area contributed by atoms with Crippen LogP contribution in [0.2, 0.25) is 5.02 Å². The Kier molecular flexibility index (Phi) is 11.2. The Labute approximate surface area is 253 Å². The summed E-state index contributed by atoms with van der Waals surface area (Å²) in [5.74, 6) is -6.68. The molecule has 1 unspecified atom stereocenters. The third-order valence-electron chi connectivity index (χ3n) is 6.68. The molecule has 0 aliphatic rings. The molecule has 0 heterocycles. The molecule has 1 nitrogen and oxygen atoms in total. The number of hydrogen-bond acceptors (Lipinski definition) is 1. The van der Waals surface area contributed by atoms with Crippen LogP contribution in [-0.4, -0.2) is 12.1 Å². The van der Waals surface area contributed by atoms with Gasteiger partial charge in [-0.25, -0.2) is 26.3 Å². The van der Waals surface area contributed by atoms with E-state index in [9.17, 15) is 39.5 Å². The van der Waals surface area contributed by atoms with Crippen LogP contribution in [0.3, 0.4) is 0 Å². The van der Waals surface area contributed by atoms with E-state index in [1.54, 1.807) is 0 Å². The molecule has 0 bridgehead atoms. The van der Waals surface area contributed by atoms with E-state index in [1.807, 2.05) is 30.3 Å². The Morgan fingerprint density at radius 1 is 0.795 bits per heavy atom. The standard InChI is InChI=1S/C24H20ClF5.C9H7F4N/c1-15(26)24(29,30)14-17-9-19(12-20(27)10-17)21(11-16-5-3-2-4-6-16)18-7-8-23(28)22(25)13-18;1-5(14)6-2-3-8(10)7(4-6)9(11,12)13/h2-10,12-13,15,21H,11,14H2,1H3;2-4H,1,14H2/t15?,21-;/m0./s1. The molecule has 2 N–H and O–H groups in total.